The molecule has 0 amide bonds. The van der Waals surface area contributed by atoms with Gasteiger partial charge in [0.1, 0.15) is 5.82 Å². The van der Waals surface area contributed by atoms with E-state index in [1.54, 1.807) is 0 Å². The Bertz CT molecular complexity index is 611. The highest BCUT2D eigenvalue weighted by atomic mass is 15.2. The summed E-state index contributed by atoms with van der Waals surface area (Å²) in [4.78, 5) is 11.2. The summed E-state index contributed by atoms with van der Waals surface area (Å²) in [6.45, 7) is 10.2. The van der Waals surface area contributed by atoms with E-state index in [-0.39, 0.29) is 5.54 Å². The molecule has 1 aliphatic heterocycles. The maximum absolute atomic E-state index is 4.46. The van der Waals surface area contributed by atoms with Crippen LogP contribution in [0.15, 0.2) is 30.7 Å². The molecule has 0 atom stereocenters. The van der Waals surface area contributed by atoms with Crippen LogP contribution in [0.3, 0.4) is 0 Å². The van der Waals surface area contributed by atoms with E-state index < -0.39 is 0 Å². The Labute approximate surface area is 126 Å². The molecule has 5 nitrogen and oxygen atoms in total. The Morgan fingerprint density at radius 1 is 1.19 bits per heavy atom. The zero-order chi connectivity index (χ0) is 14.9. The van der Waals surface area contributed by atoms with Gasteiger partial charge in [-0.1, -0.05) is 0 Å². The maximum Gasteiger partial charge on any atom is 0.128 e. The molecule has 5 heteroatoms. The van der Waals surface area contributed by atoms with Gasteiger partial charge in [-0.05, 0) is 32.9 Å². The molecule has 0 aromatic carbocycles. The number of hydrogen-bond acceptors (Lipinski definition) is 4. The average Bonchev–Trinajstić information content (AvgIpc) is 2.92. The fraction of sp³-hybridized carbons (Fsp3) is 0.500. The number of nitrogens with zero attached hydrogens (tertiary/aromatic N) is 4. The molecular formula is C16H23N5. The molecule has 3 rings (SSSR count). The smallest absolute Gasteiger partial charge is 0.128 e. The molecule has 2 aromatic heterocycles. The number of imidazole rings is 1. The minimum absolute atomic E-state index is 0.105. The van der Waals surface area contributed by atoms with Crippen molar-refractivity contribution in [3.8, 4) is 0 Å². The van der Waals surface area contributed by atoms with Crippen LogP contribution in [0.5, 0.6) is 0 Å². The summed E-state index contributed by atoms with van der Waals surface area (Å²) in [5, 5.41) is 3.48. The van der Waals surface area contributed by atoms with Gasteiger partial charge in [0, 0.05) is 49.5 Å². The van der Waals surface area contributed by atoms with Crippen LogP contribution in [0, 0.1) is 0 Å². The van der Waals surface area contributed by atoms with Crippen LogP contribution in [-0.4, -0.2) is 26.6 Å². The molecule has 1 aliphatic rings. The van der Waals surface area contributed by atoms with E-state index in [2.05, 4.69) is 63.9 Å². The summed E-state index contributed by atoms with van der Waals surface area (Å²) < 4.78 is 2.22. The predicted octanol–water partition coefficient (Wildman–Crippen LogP) is 2.19. The lowest BCUT2D eigenvalue weighted by Crippen LogP contribution is -2.36. The van der Waals surface area contributed by atoms with Crippen molar-refractivity contribution in [1.82, 2.24) is 19.9 Å². The van der Waals surface area contributed by atoms with Crippen molar-refractivity contribution in [3.05, 3.63) is 42.2 Å². The van der Waals surface area contributed by atoms with Crippen molar-refractivity contribution >= 4 is 5.69 Å². The van der Waals surface area contributed by atoms with Gasteiger partial charge in [0.25, 0.3) is 0 Å². The Morgan fingerprint density at radius 2 is 2.05 bits per heavy atom. The fourth-order valence-electron chi connectivity index (χ4n) is 2.51. The van der Waals surface area contributed by atoms with E-state index in [0.717, 1.165) is 37.7 Å². The first-order chi connectivity index (χ1) is 10.0. The lowest BCUT2D eigenvalue weighted by atomic mass is 10.1. The number of hydrogen-bond donors (Lipinski definition) is 1. The summed E-state index contributed by atoms with van der Waals surface area (Å²) in [5.41, 5.74) is 2.41. The quantitative estimate of drug-likeness (QED) is 0.939. The highest BCUT2D eigenvalue weighted by Crippen LogP contribution is 2.20. The molecule has 0 spiro atoms. The molecule has 112 valence electrons. The van der Waals surface area contributed by atoms with Crippen LogP contribution in [0.1, 0.15) is 32.3 Å². The molecule has 0 saturated carbocycles. The second kappa shape index (κ2) is 5.48. The van der Waals surface area contributed by atoms with Crippen molar-refractivity contribution in [2.45, 2.75) is 45.9 Å². The van der Waals surface area contributed by atoms with E-state index in [1.807, 2.05) is 12.4 Å². The Hall–Kier alpha value is -1.88. The fourth-order valence-corrected chi connectivity index (χ4v) is 2.51. The number of nitrogens with one attached hydrogen (secondary N) is 1. The summed E-state index contributed by atoms with van der Waals surface area (Å²) >= 11 is 0. The lowest BCUT2D eigenvalue weighted by Gasteiger charge is -2.30. The highest BCUT2D eigenvalue weighted by molar-refractivity contribution is 5.47. The predicted molar refractivity (Wildman–Crippen MR) is 84.1 cm³/mol. The average molecular weight is 285 g/mol. The second-order valence-corrected chi connectivity index (χ2v) is 6.57. The zero-order valence-corrected chi connectivity index (χ0v) is 13.0. The first kappa shape index (κ1) is 14.1. The van der Waals surface area contributed by atoms with Crippen LogP contribution in [0.2, 0.25) is 0 Å². The van der Waals surface area contributed by atoms with Gasteiger partial charge in [-0.15, -0.1) is 0 Å². The van der Waals surface area contributed by atoms with Crippen molar-refractivity contribution in [1.29, 1.82) is 0 Å². The topological polar surface area (TPSA) is 46.0 Å². The summed E-state index contributed by atoms with van der Waals surface area (Å²) in [5.74, 6) is 1.13. The number of pyridine rings is 1. The largest absolute Gasteiger partial charge is 0.362 e. The minimum Gasteiger partial charge on any atom is -0.362 e. The Kier molecular flexibility index (Phi) is 3.68. The first-order valence-corrected chi connectivity index (χ1v) is 7.46. The van der Waals surface area contributed by atoms with Gasteiger partial charge in [-0.25, -0.2) is 4.98 Å². The van der Waals surface area contributed by atoms with E-state index in [9.17, 15) is 0 Å². The second-order valence-electron chi connectivity index (χ2n) is 6.57. The van der Waals surface area contributed by atoms with Crippen molar-refractivity contribution in [2.24, 2.45) is 0 Å². The molecule has 2 aromatic rings. The number of fused-ring (bicyclic) bond motifs is 1. The third-order valence-electron chi connectivity index (χ3n) is 3.71. The van der Waals surface area contributed by atoms with Gasteiger partial charge in [0.15, 0.2) is 0 Å². The van der Waals surface area contributed by atoms with Crippen molar-refractivity contribution in [2.75, 3.05) is 11.4 Å². The molecule has 21 heavy (non-hydrogen) atoms. The molecule has 0 fully saturated rings. The summed E-state index contributed by atoms with van der Waals surface area (Å²) in [6, 6.07) is 4.26. The van der Waals surface area contributed by atoms with Crippen molar-refractivity contribution < 1.29 is 0 Å². The number of rotatable bonds is 3. The normalized spacial score (nSPS) is 15.1. The summed E-state index contributed by atoms with van der Waals surface area (Å²) in [7, 11) is 0. The van der Waals surface area contributed by atoms with E-state index in [1.165, 1.54) is 5.69 Å². The molecule has 0 bridgehead atoms. The maximum atomic E-state index is 4.46. The van der Waals surface area contributed by atoms with Gasteiger partial charge < -0.3 is 14.8 Å². The highest BCUT2D eigenvalue weighted by Gasteiger charge is 2.17. The van der Waals surface area contributed by atoms with Gasteiger partial charge in [0.2, 0.25) is 0 Å². The Balaban J connectivity index is 1.72. The monoisotopic (exact) mass is 285 g/mol. The third-order valence-corrected chi connectivity index (χ3v) is 3.71. The Morgan fingerprint density at radius 3 is 2.86 bits per heavy atom. The van der Waals surface area contributed by atoms with Crippen LogP contribution in [0.4, 0.5) is 5.69 Å². The molecular weight excluding hydrogens is 262 g/mol. The summed E-state index contributed by atoms with van der Waals surface area (Å²) in [6.07, 6.45) is 5.83. The van der Waals surface area contributed by atoms with Gasteiger partial charge in [-0.2, -0.15) is 0 Å². The molecule has 0 radical (unpaired) electrons. The molecule has 0 unspecified atom stereocenters. The van der Waals surface area contributed by atoms with Crippen LogP contribution in [0.25, 0.3) is 0 Å². The van der Waals surface area contributed by atoms with Crippen LogP contribution >= 0.6 is 0 Å². The molecule has 1 N–H and O–H groups in total. The van der Waals surface area contributed by atoms with Crippen molar-refractivity contribution in [3.63, 3.8) is 0 Å². The van der Waals surface area contributed by atoms with E-state index >= 15 is 0 Å². The van der Waals surface area contributed by atoms with Gasteiger partial charge >= 0.3 is 0 Å². The zero-order valence-electron chi connectivity index (χ0n) is 13.0. The van der Waals surface area contributed by atoms with Crippen LogP contribution in [-0.2, 0) is 19.6 Å². The van der Waals surface area contributed by atoms with E-state index in [0.29, 0.717) is 0 Å². The minimum atomic E-state index is 0.105. The SMILES string of the molecule is CC(C)(C)NCc1cc(N2CCn3ccnc3C2)ccn1. The van der Waals surface area contributed by atoms with Gasteiger partial charge in [0.05, 0.1) is 12.2 Å². The number of aromatic nitrogens is 3. The molecule has 0 saturated heterocycles. The number of anilines is 1. The third kappa shape index (κ3) is 3.42. The standard InChI is InChI=1S/C16H23N5/c1-16(2,3)19-11-13-10-14(4-5-17-13)21-9-8-20-7-6-18-15(20)12-21/h4-7,10,19H,8-9,11-12H2,1-3H3. The molecule has 3 heterocycles. The molecule has 0 aliphatic carbocycles. The lowest BCUT2D eigenvalue weighted by molar-refractivity contribution is 0.421. The first-order valence-electron chi connectivity index (χ1n) is 7.46. The van der Waals surface area contributed by atoms with Crippen LogP contribution < -0.4 is 10.2 Å². The van der Waals surface area contributed by atoms with E-state index in [4.69, 9.17) is 0 Å². The van der Waals surface area contributed by atoms with Gasteiger partial charge in [-0.3, -0.25) is 4.98 Å².